The number of nitriles is 1. The minimum atomic E-state index is -0.478. The number of nitrogens with zero attached hydrogens (tertiary/aromatic N) is 6. The van der Waals surface area contributed by atoms with Crippen LogP contribution in [0.1, 0.15) is 31.0 Å². The molecule has 1 saturated heterocycles. The molecule has 4 rings (SSSR count). The maximum atomic E-state index is 13.6. The van der Waals surface area contributed by atoms with E-state index in [9.17, 15) is 14.9 Å². The van der Waals surface area contributed by atoms with Crippen LogP contribution in [0, 0.1) is 23.2 Å². The van der Waals surface area contributed by atoms with Crippen LogP contribution in [0.5, 0.6) is 0 Å². The number of likely N-dealkylation sites (tertiary alicyclic amines) is 1. The maximum absolute atomic E-state index is 13.6. The van der Waals surface area contributed by atoms with Gasteiger partial charge in [-0.3, -0.25) is 23.8 Å². The Morgan fingerprint density at radius 3 is 2.91 bits per heavy atom. The number of fused-ring (bicyclic) bond motifs is 1. The molecular weight excluding hydrogens is 408 g/mol. The number of hydrogen-bond donors (Lipinski definition) is 2. The zero-order chi connectivity index (χ0) is 22.8. The Morgan fingerprint density at radius 2 is 2.19 bits per heavy atom. The van der Waals surface area contributed by atoms with Crippen molar-refractivity contribution in [1.82, 2.24) is 19.0 Å². The Hall–Kier alpha value is -3.60. The maximum Gasteiger partial charge on any atom is 0.332 e. The summed E-state index contributed by atoms with van der Waals surface area (Å²) in [4.78, 5) is 35.0. The Balaban J connectivity index is 1.81. The van der Waals surface area contributed by atoms with Crippen LogP contribution in [0.3, 0.4) is 0 Å². The van der Waals surface area contributed by atoms with Crippen molar-refractivity contribution in [2.24, 2.45) is 12.8 Å². The number of hydrogen-bond acceptors (Lipinski definition) is 8. The highest BCUT2D eigenvalue weighted by atomic mass is 16.2. The molecule has 0 saturated carbocycles. The lowest BCUT2D eigenvalue weighted by Gasteiger charge is -2.39. The fourth-order valence-corrected chi connectivity index (χ4v) is 4.33. The number of rotatable bonds is 4. The second kappa shape index (κ2) is 8.87. The summed E-state index contributed by atoms with van der Waals surface area (Å²) in [6, 6.07) is 5.39. The minimum absolute atomic E-state index is 0.0578. The average Bonchev–Trinajstić information content (AvgIpc) is 3.19. The predicted molar refractivity (Wildman–Crippen MR) is 121 cm³/mol. The highest BCUT2D eigenvalue weighted by Gasteiger charge is 2.39. The third-order valence-corrected chi connectivity index (χ3v) is 5.95. The molecule has 0 bridgehead atoms. The number of pyridine rings is 1. The number of piperidine rings is 1. The van der Waals surface area contributed by atoms with E-state index in [1.54, 1.807) is 32.3 Å². The first-order valence-corrected chi connectivity index (χ1v) is 10.6. The topological polar surface area (TPSA) is 125 Å². The van der Waals surface area contributed by atoms with E-state index in [2.05, 4.69) is 33.1 Å². The van der Waals surface area contributed by atoms with Crippen LogP contribution in [0.25, 0.3) is 0 Å². The number of anilines is 2. The van der Waals surface area contributed by atoms with Crippen LogP contribution in [0.2, 0.25) is 0 Å². The summed E-state index contributed by atoms with van der Waals surface area (Å²) in [7, 11) is 1.63. The molecule has 4 heterocycles. The third kappa shape index (κ3) is 3.75. The average molecular weight is 435 g/mol. The molecule has 10 nitrogen and oxygen atoms in total. The van der Waals surface area contributed by atoms with Crippen LogP contribution < -0.4 is 27.2 Å². The van der Waals surface area contributed by atoms with Gasteiger partial charge in [0.1, 0.15) is 17.6 Å². The van der Waals surface area contributed by atoms with Crippen LogP contribution in [0.4, 0.5) is 11.5 Å². The van der Waals surface area contributed by atoms with Crippen LogP contribution >= 0.6 is 0 Å². The largest absolute Gasteiger partial charge is 0.337 e. The molecule has 166 valence electrons. The van der Waals surface area contributed by atoms with Crippen molar-refractivity contribution in [1.29, 1.82) is 5.26 Å². The quantitative estimate of drug-likeness (QED) is 0.635. The van der Waals surface area contributed by atoms with Gasteiger partial charge in [-0.05, 0) is 31.9 Å². The van der Waals surface area contributed by atoms with E-state index in [0.29, 0.717) is 35.9 Å². The Morgan fingerprint density at radius 1 is 1.38 bits per heavy atom. The SMILES string of the molecule is CC#CCN1c2c(n(C)c(=O)n(Cc3ncccc3C#N)c2=O)NC1N1CCC[C@@H](N)C1. The molecular formula is C22H26N8O2. The second-order valence-electron chi connectivity index (χ2n) is 8.01. The van der Waals surface area contributed by atoms with Gasteiger partial charge in [0, 0.05) is 32.4 Å². The summed E-state index contributed by atoms with van der Waals surface area (Å²) in [6.07, 6.45) is 3.14. The van der Waals surface area contributed by atoms with Gasteiger partial charge in [-0.25, -0.2) is 4.79 Å². The fraction of sp³-hybridized carbons (Fsp3) is 0.455. The van der Waals surface area contributed by atoms with E-state index >= 15 is 0 Å². The van der Waals surface area contributed by atoms with Crippen molar-refractivity contribution >= 4 is 11.5 Å². The number of nitrogens with two attached hydrogens (primary N) is 1. The summed E-state index contributed by atoms with van der Waals surface area (Å²) >= 11 is 0. The van der Waals surface area contributed by atoms with Gasteiger partial charge in [0.2, 0.25) is 0 Å². The number of aromatic nitrogens is 3. The molecule has 1 unspecified atom stereocenters. The van der Waals surface area contributed by atoms with E-state index in [0.717, 1.165) is 24.0 Å². The highest BCUT2D eigenvalue weighted by Crippen LogP contribution is 2.32. The van der Waals surface area contributed by atoms with Crippen molar-refractivity contribution in [2.45, 2.75) is 38.6 Å². The van der Waals surface area contributed by atoms with Gasteiger partial charge in [-0.2, -0.15) is 5.26 Å². The van der Waals surface area contributed by atoms with Crippen molar-refractivity contribution in [3.05, 3.63) is 50.4 Å². The molecule has 32 heavy (non-hydrogen) atoms. The van der Waals surface area contributed by atoms with Gasteiger partial charge >= 0.3 is 5.69 Å². The van der Waals surface area contributed by atoms with E-state index in [-0.39, 0.29) is 18.9 Å². The van der Waals surface area contributed by atoms with Crippen molar-refractivity contribution < 1.29 is 0 Å². The highest BCUT2D eigenvalue weighted by molar-refractivity contribution is 5.72. The monoisotopic (exact) mass is 434 g/mol. The van der Waals surface area contributed by atoms with Gasteiger partial charge in [0.25, 0.3) is 5.56 Å². The van der Waals surface area contributed by atoms with E-state index in [4.69, 9.17) is 5.73 Å². The standard InChI is InChI=1S/C22H26N8O2/c1-3-4-11-29-18-19(26-21(29)28-10-6-8-16(24)13-28)27(2)22(32)30(20(18)31)14-17-15(12-23)7-5-9-25-17/h5,7,9,16,21,26H,6,8,10-11,13-14,24H2,1-2H3/t16-,21?/m1/s1. The van der Waals surface area contributed by atoms with Crippen LogP contribution in [0.15, 0.2) is 27.9 Å². The first-order valence-electron chi connectivity index (χ1n) is 10.6. The summed E-state index contributed by atoms with van der Waals surface area (Å²) in [5.74, 6) is 6.39. The lowest BCUT2D eigenvalue weighted by Crippen LogP contribution is -2.56. The first-order chi connectivity index (χ1) is 15.5. The molecule has 2 aromatic heterocycles. The smallest absolute Gasteiger partial charge is 0.332 e. The van der Waals surface area contributed by atoms with Gasteiger partial charge in [0.15, 0.2) is 6.29 Å². The second-order valence-corrected chi connectivity index (χ2v) is 8.01. The Bertz CT molecular complexity index is 1250. The minimum Gasteiger partial charge on any atom is -0.337 e. The summed E-state index contributed by atoms with van der Waals surface area (Å²) in [6.45, 7) is 3.50. The lowest BCUT2D eigenvalue weighted by molar-refractivity contribution is 0.165. The molecule has 0 spiro atoms. The van der Waals surface area contributed by atoms with Crippen molar-refractivity contribution in [3.63, 3.8) is 0 Å². The molecule has 10 heteroatoms. The Kier molecular flexibility index (Phi) is 5.99. The normalized spacial score (nSPS) is 20.1. The van der Waals surface area contributed by atoms with Gasteiger partial charge in [0.05, 0.1) is 24.3 Å². The molecule has 2 aliphatic heterocycles. The molecule has 2 atom stereocenters. The fourth-order valence-electron chi connectivity index (χ4n) is 4.33. The number of nitrogens with one attached hydrogen (secondary N) is 1. The van der Waals surface area contributed by atoms with Gasteiger partial charge < -0.3 is 16.0 Å². The lowest BCUT2D eigenvalue weighted by atomic mass is 10.1. The molecule has 2 aromatic rings. The predicted octanol–water partition coefficient (Wildman–Crippen LogP) is -0.176. The van der Waals surface area contributed by atoms with Crippen LogP contribution in [-0.2, 0) is 13.6 Å². The first kappa shape index (κ1) is 21.6. The molecule has 0 radical (unpaired) electrons. The zero-order valence-electron chi connectivity index (χ0n) is 18.2. The molecule has 1 fully saturated rings. The van der Waals surface area contributed by atoms with Gasteiger partial charge in [-0.1, -0.05) is 5.92 Å². The molecule has 3 N–H and O–H groups in total. The molecule has 0 aliphatic carbocycles. The third-order valence-electron chi connectivity index (χ3n) is 5.95. The van der Waals surface area contributed by atoms with E-state index in [1.807, 2.05) is 4.90 Å². The molecule has 0 amide bonds. The summed E-state index contributed by atoms with van der Waals surface area (Å²) < 4.78 is 2.56. The Labute approximate surface area is 185 Å². The molecule has 0 aromatic carbocycles. The van der Waals surface area contributed by atoms with Crippen LogP contribution in [-0.4, -0.2) is 51.0 Å². The van der Waals surface area contributed by atoms with E-state index in [1.165, 1.54) is 4.57 Å². The van der Waals surface area contributed by atoms with Crippen molar-refractivity contribution in [2.75, 3.05) is 29.9 Å². The van der Waals surface area contributed by atoms with Crippen molar-refractivity contribution in [3.8, 4) is 17.9 Å². The summed E-state index contributed by atoms with van der Waals surface area (Å²) in [5, 5.41) is 12.7. The zero-order valence-corrected chi connectivity index (χ0v) is 18.2. The molecule has 2 aliphatic rings. The van der Waals surface area contributed by atoms with E-state index < -0.39 is 11.2 Å². The van der Waals surface area contributed by atoms with Gasteiger partial charge in [-0.15, -0.1) is 5.92 Å². The summed E-state index contributed by atoms with van der Waals surface area (Å²) in [5.41, 5.74) is 6.36.